The number of carboxylic acids is 5. The monoisotopic (exact) mass is 804 g/mol. The van der Waals surface area contributed by atoms with Crippen molar-refractivity contribution in [3.63, 3.8) is 0 Å². The summed E-state index contributed by atoms with van der Waals surface area (Å²) in [7, 11) is 1.32. The number of hydrogen-bond acceptors (Lipinski definition) is 13. The highest BCUT2D eigenvalue weighted by molar-refractivity contribution is 5.97. The van der Waals surface area contributed by atoms with E-state index < -0.39 is 159 Å². The first-order valence-corrected chi connectivity index (χ1v) is 17.5. The number of carbonyl (C=O) groups excluding carboxylic acids is 6. The Morgan fingerprint density at radius 2 is 0.661 bits per heavy atom. The molecule has 24 nitrogen and oxygen atoms in total. The van der Waals surface area contributed by atoms with Crippen molar-refractivity contribution >= 4 is 65.3 Å². The number of likely N-dealkylation sites (N-methyl/N-ethyl adjacent to an activating group) is 1. The molecule has 0 aliphatic heterocycles. The number of unbranched alkanes of at least 4 members (excludes halogenated alkanes) is 1. The molecule has 0 fully saturated rings. The Morgan fingerprint density at radius 1 is 0.411 bits per heavy atom. The van der Waals surface area contributed by atoms with Gasteiger partial charge in [-0.2, -0.15) is 0 Å². The molecule has 0 aromatic rings. The number of nitrogens with two attached hydrogens (primary N) is 2. The van der Waals surface area contributed by atoms with Crippen LogP contribution in [0.3, 0.4) is 0 Å². The Kier molecular flexibility index (Phi) is 24.0. The smallest absolute Gasteiger partial charge is 0.303 e. The van der Waals surface area contributed by atoms with E-state index >= 15 is 0 Å². The number of primary amides is 1. The molecule has 0 saturated heterocycles. The normalized spacial score (nSPS) is 14.0. The van der Waals surface area contributed by atoms with E-state index in [0.29, 0.717) is 12.8 Å². The predicted octanol–water partition coefficient (Wildman–Crippen LogP) is -4.06. The van der Waals surface area contributed by atoms with Crippen LogP contribution in [0.4, 0.5) is 0 Å². The molecule has 0 unspecified atom stereocenters. The standard InChI is InChI=1S/C32H52N8O16/c1-35-17(5-10-22(41)42)28(52)37-19(7-12-24(45)46)30(54)39-21(9-14-26(49)50)32(56)40-20(8-13-25(47)48)31(55)38-18(6-11-23(43)44)29(53)36-16(27(34)51)4-2-3-15-33/h16-21,35H,2-15,33H2,1H3,(H2,34,51)(H,36,53)(H,37,52)(H,38,55)(H,39,54)(H,40,56)(H,41,42)(H,43,44)(H,45,46)(H,47,48)(H,49,50)/t16-,17-,18-,19-,20-,21-/m1/s1. The lowest BCUT2D eigenvalue weighted by Crippen LogP contribution is -2.59. The van der Waals surface area contributed by atoms with Gasteiger partial charge >= 0.3 is 29.8 Å². The van der Waals surface area contributed by atoms with Crippen LogP contribution in [0.1, 0.15) is 83.5 Å². The molecule has 0 aromatic heterocycles. The highest BCUT2D eigenvalue weighted by atomic mass is 16.4. The van der Waals surface area contributed by atoms with Crippen LogP contribution >= 0.6 is 0 Å². The third kappa shape index (κ3) is 21.7. The topological polar surface area (TPSA) is 413 Å². The second-order valence-corrected chi connectivity index (χ2v) is 12.5. The lowest BCUT2D eigenvalue weighted by molar-refractivity contribution is -0.140. The van der Waals surface area contributed by atoms with Gasteiger partial charge in [0, 0.05) is 32.1 Å². The fourth-order valence-electron chi connectivity index (χ4n) is 4.96. The number of nitrogens with one attached hydrogen (secondary N) is 6. The molecule has 6 atom stereocenters. The average Bonchev–Trinajstić information content (AvgIpc) is 3.10. The molecule has 0 saturated carbocycles. The lowest BCUT2D eigenvalue weighted by Gasteiger charge is -2.27. The Bertz CT molecular complexity index is 1430. The molecule has 0 aromatic carbocycles. The summed E-state index contributed by atoms with van der Waals surface area (Å²) >= 11 is 0. The zero-order valence-corrected chi connectivity index (χ0v) is 30.7. The van der Waals surface area contributed by atoms with Gasteiger partial charge in [0.2, 0.25) is 35.4 Å². The summed E-state index contributed by atoms with van der Waals surface area (Å²) in [6.45, 7) is 0.274. The van der Waals surface area contributed by atoms with E-state index in [9.17, 15) is 73.2 Å². The third-order valence-corrected chi connectivity index (χ3v) is 8.04. The summed E-state index contributed by atoms with van der Waals surface area (Å²) in [5, 5.41) is 59.7. The van der Waals surface area contributed by atoms with Gasteiger partial charge in [-0.25, -0.2) is 0 Å². The molecule has 0 heterocycles. The fourth-order valence-corrected chi connectivity index (χ4v) is 4.96. The number of hydrogen-bond donors (Lipinski definition) is 13. The third-order valence-electron chi connectivity index (χ3n) is 8.04. The van der Waals surface area contributed by atoms with Crippen molar-refractivity contribution in [3.05, 3.63) is 0 Å². The van der Waals surface area contributed by atoms with E-state index in [1.807, 2.05) is 0 Å². The molecule has 316 valence electrons. The second kappa shape index (κ2) is 26.8. The molecule has 0 aliphatic rings. The summed E-state index contributed by atoms with van der Waals surface area (Å²) in [6.07, 6.45) is -4.98. The fraction of sp³-hybridized carbons (Fsp3) is 0.656. The van der Waals surface area contributed by atoms with Crippen LogP contribution in [0.15, 0.2) is 0 Å². The molecule has 6 amide bonds. The van der Waals surface area contributed by atoms with E-state index in [4.69, 9.17) is 16.6 Å². The van der Waals surface area contributed by atoms with Gasteiger partial charge in [0.15, 0.2) is 0 Å². The molecule has 0 rings (SSSR count). The summed E-state index contributed by atoms with van der Waals surface area (Å²) in [4.78, 5) is 135. The number of carboxylic acid groups (broad SMARTS) is 5. The molecule has 0 bridgehead atoms. The van der Waals surface area contributed by atoms with Gasteiger partial charge in [-0.3, -0.25) is 52.7 Å². The van der Waals surface area contributed by atoms with Crippen LogP contribution in [-0.4, -0.2) is 141 Å². The first-order chi connectivity index (χ1) is 26.2. The molecular weight excluding hydrogens is 752 g/mol. The Balaban J connectivity index is 6.43. The number of amides is 6. The van der Waals surface area contributed by atoms with Crippen molar-refractivity contribution in [1.29, 1.82) is 0 Å². The van der Waals surface area contributed by atoms with Gasteiger partial charge in [-0.05, 0) is 65.0 Å². The van der Waals surface area contributed by atoms with Crippen molar-refractivity contribution < 1.29 is 78.3 Å². The summed E-state index contributed by atoms with van der Waals surface area (Å²) in [5.41, 5.74) is 10.8. The van der Waals surface area contributed by atoms with Crippen LogP contribution in [0.5, 0.6) is 0 Å². The zero-order valence-electron chi connectivity index (χ0n) is 30.7. The molecule has 0 aliphatic carbocycles. The van der Waals surface area contributed by atoms with Crippen molar-refractivity contribution in [2.75, 3.05) is 13.6 Å². The van der Waals surface area contributed by atoms with Gasteiger partial charge in [0.1, 0.15) is 30.2 Å². The van der Waals surface area contributed by atoms with E-state index in [1.54, 1.807) is 0 Å². The number of aliphatic carboxylic acids is 5. The van der Waals surface area contributed by atoms with Gasteiger partial charge in [0.05, 0.1) is 6.04 Å². The average molecular weight is 805 g/mol. The Hall–Kier alpha value is -5.91. The first-order valence-electron chi connectivity index (χ1n) is 17.5. The van der Waals surface area contributed by atoms with E-state index in [0.717, 1.165) is 0 Å². The van der Waals surface area contributed by atoms with Gasteiger partial charge in [-0.15, -0.1) is 0 Å². The van der Waals surface area contributed by atoms with E-state index in [1.165, 1.54) is 7.05 Å². The van der Waals surface area contributed by atoms with Crippen LogP contribution in [0.2, 0.25) is 0 Å². The van der Waals surface area contributed by atoms with Crippen molar-refractivity contribution in [1.82, 2.24) is 31.9 Å². The molecule has 24 heteroatoms. The minimum Gasteiger partial charge on any atom is -0.481 e. The van der Waals surface area contributed by atoms with Crippen molar-refractivity contribution in [2.24, 2.45) is 11.5 Å². The van der Waals surface area contributed by atoms with Crippen LogP contribution in [0.25, 0.3) is 0 Å². The largest absolute Gasteiger partial charge is 0.481 e. The highest BCUT2D eigenvalue weighted by Gasteiger charge is 2.33. The highest BCUT2D eigenvalue weighted by Crippen LogP contribution is 2.09. The quantitative estimate of drug-likeness (QED) is 0.0296. The van der Waals surface area contributed by atoms with Crippen LogP contribution < -0.4 is 43.4 Å². The van der Waals surface area contributed by atoms with Gasteiger partial charge < -0.3 is 68.9 Å². The van der Waals surface area contributed by atoms with E-state index in [-0.39, 0.29) is 19.4 Å². The molecule has 15 N–H and O–H groups in total. The molecule has 0 radical (unpaired) electrons. The van der Waals surface area contributed by atoms with Gasteiger partial charge in [-0.1, -0.05) is 0 Å². The predicted molar refractivity (Wildman–Crippen MR) is 189 cm³/mol. The van der Waals surface area contributed by atoms with Gasteiger partial charge in [0.25, 0.3) is 0 Å². The Morgan fingerprint density at radius 3 is 0.893 bits per heavy atom. The van der Waals surface area contributed by atoms with Crippen LogP contribution in [-0.2, 0) is 52.7 Å². The van der Waals surface area contributed by atoms with Crippen molar-refractivity contribution in [3.8, 4) is 0 Å². The molecular formula is C32H52N8O16. The maximum absolute atomic E-state index is 13.5. The van der Waals surface area contributed by atoms with E-state index in [2.05, 4.69) is 31.9 Å². The SMILES string of the molecule is CN[C@H](CCC(=O)O)C(=O)N[C@H](CCC(=O)O)C(=O)N[C@H](CCC(=O)O)C(=O)N[C@H](CCC(=O)O)C(=O)N[C@H](CCC(=O)O)C(=O)N[C@H](CCCCN)C(N)=O. The number of rotatable bonds is 31. The minimum absolute atomic E-state index is 0.0558. The minimum atomic E-state index is -1.80. The van der Waals surface area contributed by atoms with Crippen LogP contribution in [0, 0.1) is 0 Å². The molecule has 56 heavy (non-hydrogen) atoms. The lowest BCUT2D eigenvalue weighted by atomic mass is 10.0. The maximum atomic E-state index is 13.5. The summed E-state index contributed by atoms with van der Waals surface area (Å²) in [5.74, 6) is -13.4. The second-order valence-electron chi connectivity index (χ2n) is 12.5. The zero-order chi connectivity index (χ0) is 43.0. The maximum Gasteiger partial charge on any atom is 0.303 e. The van der Waals surface area contributed by atoms with Crippen molar-refractivity contribution in [2.45, 2.75) is 120 Å². The first kappa shape index (κ1) is 50.1. The summed E-state index contributed by atoms with van der Waals surface area (Å²) < 4.78 is 0. The Labute approximate surface area is 320 Å². The molecule has 0 spiro atoms. The summed E-state index contributed by atoms with van der Waals surface area (Å²) in [6, 6.07) is -9.29. The number of carbonyl (C=O) groups is 11.